The van der Waals surface area contributed by atoms with Crippen LogP contribution < -0.4 is 10.6 Å². The Balaban J connectivity index is 2.15. The Bertz CT molecular complexity index is 574. The summed E-state index contributed by atoms with van der Waals surface area (Å²) in [7, 11) is 1.38. The molecular weight excluding hydrogens is 301 g/mol. The van der Waals surface area contributed by atoms with Crippen LogP contribution in [-0.4, -0.2) is 28.8 Å². The van der Waals surface area contributed by atoms with Gasteiger partial charge in [-0.3, -0.25) is 14.5 Å². The number of halogens is 3. The van der Waals surface area contributed by atoms with E-state index in [0.717, 1.165) is 11.1 Å². The molecule has 0 saturated heterocycles. The van der Waals surface area contributed by atoms with E-state index in [2.05, 4.69) is 9.97 Å². The highest BCUT2D eigenvalue weighted by molar-refractivity contribution is 5.96. The Morgan fingerprint density at radius 2 is 1.86 bits per heavy atom. The van der Waals surface area contributed by atoms with Crippen molar-refractivity contribution in [3.05, 3.63) is 18.1 Å². The number of anilines is 1. The van der Waals surface area contributed by atoms with E-state index in [9.17, 15) is 22.8 Å². The van der Waals surface area contributed by atoms with Crippen molar-refractivity contribution in [1.82, 2.24) is 9.97 Å². The van der Waals surface area contributed by atoms with E-state index in [1.807, 2.05) is 0 Å². The van der Waals surface area contributed by atoms with Crippen molar-refractivity contribution in [3.8, 4) is 0 Å². The molecule has 1 fully saturated rings. The van der Waals surface area contributed by atoms with Crippen LogP contribution in [0, 0.1) is 11.8 Å². The second-order valence-corrected chi connectivity index (χ2v) is 5.20. The van der Waals surface area contributed by atoms with E-state index in [1.165, 1.54) is 7.05 Å². The standard InChI is InChI=1S/C13H15F3N4O2/c1-20(10-6-18-9(5-19-10)13(14,15)16)12(22)8-4-2-3-7(8)11(17)21/h5-8H,2-4H2,1H3,(H2,17,21)/t7-,8-/m0/s1. The zero-order valence-corrected chi connectivity index (χ0v) is 11.8. The van der Waals surface area contributed by atoms with Crippen LogP contribution in [0.3, 0.4) is 0 Å². The van der Waals surface area contributed by atoms with Crippen LogP contribution in [0.25, 0.3) is 0 Å². The number of carbonyl (C=O) groups is 2. The average Bonchev–Trinajstić information content (AvgIpc) is 2.94. The van der Waals surface area contributed by atoms with Crippen LogP contribution in [0.4, 0.5) is 19.0 Å². The zero-order chi connectivity index (χ0) is 16.5. The highest BCUT2D eigenvalue weighted by Gasteiger charge is 2.39. The molecule has 1 aliphatic carbocycles. The van der Waals surface area contributed by atoms with Crippen molar-refractivity contribution < 1.29 is 22.8 Å². The predicted octanol–water partition coefficient (Wildman–Crippen LogP) is 1.36. The summed E-state index contributed by atoms with van der Waals surface area (Å²) in [6, 6.07) is 0. The molecular formula is C13H15F3N4O2. The number of nitrogens with zero attached hydrogens (tertiary/aromatic N) is 3. The molecule has 1 heterocycles. The Morgan fingerprint density at radius 1 is 1.23 bits per heavy atom. The second-order valence-electron chi connectivity index (χ2n) is 5.20. The third kappa shape index (κ3) is 3.18. The Kier molecular flexibility index (Phi) is 4.34. The molecule has 2 amide bonds. The maximum atomic E-state index is 12.4. The molecule has 1 aromatic rings. The van der Waals surface area contributed by atoms with Gasteiger partial charge >= 0.3 is 6.18 Å². The number of primary amides is 1. The van der Waals surface area contributed by atoms with E-state index in [1.54, 1.807) is 0 Å². The highest BCUT2D eigenvalue weighted by Crippen LogP contribution is 2.33. The summed E-state index contributed by atoms with van der Waals surface area (Å²) in [5.74, 6) is -2.05. The van der Waals surface area contributed by atoms with Gasteiger partial charge in [-0.25, -0.2) is 9.97 Å². The normalized spacial score (nSPS) is 21.6. The molecule has 0 unspecified atom stereocenters. The minimum Gasteiger partial charge on any atom is -0.369 e. The smallest absolute Gasteiger partial charge is 0.369 e. The van der Waals surface area contributed by atoms with Gasteiger partial charge in [0.2, 0.25) is 11.8 Å². The van der Waals surface area contributed by atoms with E-state index in [4.69, 9.17) is 5.73 Å². The van der Waals surface area contributed by atoms with Gasteiger partial charge in [-0.1, -0.05) is 6.42 Å². The van der Waals surface area contributed by atoms with E-state index in [0.29, 0.717) is 25.5 Å². The minimum absolute atomic E-state index is 0.00637. The maximum absolute atomic E-state index is 12.4. The van der Waals surface area contributed by atoms with Crippen molar-refractivity contribution in [2.45, 2.75) is 25.4 Å². The Labute approximate surface area is 124 Å². The molecule has 6 nitrogen and oxygen atoms in total. The number of hydrogen-bond acceptors (Lipinski definition) is 4. The van der Waals surface area contributed by atoms with Crippen molar-refractivity contribution in [2.75, 3.05) is 11.9 Å². The first kappa shape index (κ1) is 16.2. The fourth-order valence-corrected chi connectivity index (χ4v) is 2.60. The molecule has 9 heteroatoms. The lowest BCUT2D eigenvalue weighted by molar-refractivity contribution is -0.141. The highest BCUT2D eigenvalue weighted by atomic mass is 19.4. The van der Waals surface area contributed by atoms with Gasteiger partial charge in [-0.2, -0.15) is 13.2 Å². The van der Waals surface area contributed by atoms with E-state index >= 15 is 0 Å². The first-order valence-electron chi connectivity index (χ1n) is 6.68. The van der Waals surface area contributed by atoms with Crippen LogP contribution in [0.15, 0.2) is 12.4 Å². The van der Waals surface area contributed by atoms with Gasteiger partial charge < -0.3 is 5.73 Å². The van der Waals surface area contributed by atoms with Crippen LogP contribution in [0.5, 0.6) is 0 Å². The summed E-state index contributed by atoms with van der Waals surface area (Å²) in [5, 5.41) is 0. The average molecular weight is 316 g/mol. The third-order valence-electron chi connectivity index (χ3n) is 3.80. The molecule has 2 rings (SSSR count). The van der Waals surface area contributed by atoms with Gasteiger partial charge in [-0.05, 0) is 12.8 Å². The van der Waals surface area contributed by atoms with Gasteiger partial charge in [0.05, 0.1) is 18.3 Å². The summed E-state index contributed by atoms with van der Waals surface area (Å²) >= 11 is 0. The molecule has 1 aromatic heterocycles. The molecule has 1 aliphatic rings. The van der Waals surface area contributed by atoms with Crippen LogP contribution in [0.2, 0.25) is 0 Å². The first-order chi connectivity index (χ1) is 10.2. The molecule has 0 spiro atoms. The summed E-state index contributed by atoms with van der Waals surface area (Å²) in [5.41, 5.74) is 4.14. The number of amides is 2. The molecule has 22 heavy (non-hydrogen) atoms. The number of hydrogen-bond donors (Lipinski definition) is 1. The molecule has 1 saturated carbocycles. The molecule has 120 valence electrons. The fraction of sp³-hybridized carbons (Fsp3) is 0.538. The molecule has 0 aliphatic heterocycles. The largest absolute Gasteiger partial charge is 0.434 e. The summed E-state index contributed by atoms with van der Waals surface area (Å²) in [6.07, 6.45) is -1.37. The monoisotopic (exact) mass is 316 g/mol. The van der Waals surface area contributed by atoms with Crippen molar-refractivity contribution >= 4 is 17.6 Å². The number of carbonyl (C=O) groups excluding carboxylic acids is 2. The third-order valence-corrected chi connectivity index (χ3v) is 3.80. The van der Waals surface area contributed by atoms with Crippen molar-refractivity contribution in [2.24, 2.45) is 17.6 Å². The van der Waals surface area contributed by atoms with Crippen molar-refractivity contribution in [3.63, 3.8) is 0 Å². The summed E-state index contributed by atoms with van der Waals surface area (Å²) in [6.45, 7) is 0. The van der Waals surface area contributed by atoms with Gasteiger partial charge in [0.25, 0.3) is 0 Å². The van der Waals surface area contributed by atoms with Crippen LogP contribution >= 0.6 is 0 Å². The van der Waals surface area contributed by atoms with Gasteiger partial charge in [0.1, 0.15) is 0 Å². The summed E-state index contributed by atoms with van der Waals surface area (Å²) < 4.78 is 37.3. The number of alkyl halides is 3. The van der Waals surface area contributed by atoms with Gasteiger partial charge in [-0.15, -0.1) is 0 Å². The van der Waals surface area contributed by atoms with Gasteiger partial charge in [0, 0.05) is 13.0 Å². The van der Waals surface area contributed by atoms with E-state index < -0.39 is 35.5 Å². The maximum Gasteiger partial charge on any atom is 0.434 e. The van der Waals surface area contributed by atoms with Gasteiger partial charge in [0.15, 0.2) is 11.5 Å². The van der Waals surface area contributed by atoms with Crippen LogP contribution in [0.1, 0.15) is 25.0 Å². The SMILES string of the molecule is CN(C(=O)[C@H]1CCC[C@@H]1C(N)=O)c1cnc(C(F)(F)F)cn1. The number of nitrogens with two attached hydrogens (primary N) is 1. The Hall–Kier alpha value is -2.19. The predicted molar refractivity (Wildman–Crippen MR) is 70.5 cm³/mol. The quantitative estimate of drug-likeness (QED) is 0.912. The molecule has 2 N–H and O–H groups in total. The lowest BCUT2D eigenvalue weighted by Gasteiger charge is -2.23. The topological polar surface area (TPSA) is 89.2 Å². The second kappa shape index (κ2) is 5.90. The molecule has 0 bridgehead atoms. The molecule has 0 radical (unpaired) electrons. The fourth-order valence-electron chi connectivity index (χ4n) is 2.60. The van der Waals surface area contributed by atoms with E-state index in [-0.39, 0.29) is 5.82 Å². The van der Waals surface area contributed by atoms with Crippen molar-refractivity contribution in [1.29, 1.82) is 0 Å². The Morgan fingerprint density at radius 3 is 2.36 bits per heavy atom. The first-order valence-corrected chi connectivity index (χ1v) is 6.68. The minimum atomic E-state index is -4.59. The number of rotatable bonds is 3. The molecule has 0 aromatic carbocycles. The lowest BCUT2D eigenvalue weighted by atomic mass is 9.94. The van der Waals surface area contributed by atoms with Crippen LogP contribution in [-0.2, 0) is 15.8 Å². The summed E-state index contributed by atoms with van der Waals surface area (Å²) in [4.78, 5) is 31.7. The number of aromatic nitrogens is 2. The molecule has 2 atom stereocenters. The lowest BCUT2D eigenvalue weighted by Crippen LogP contribution is -2.39. The zero-order valence-electron chi connectivity index (χ0n) is 11.8.